The number of anilines is 1. The number of aliphatic imine (C=N–C) groups is 1. The van der Waals surface area contributed by atoms with Crippen LogP contribution in [0.15, 0.2) is 102 Å². The van der Waals surface area contributed by atoms with Crippen molar-refractivity contribution < 1.29 is 0 Å². The molecule has 0 spiro atoms. The Labute approximate surface area is 213 Å². The number of nitrogens with one attached hydrogen (secondary N) is 1. The molecule has 1 aromatic heterocycles. The summed E-state index contributed by atoms with van der Waals surface area (Å²) in [5.74, 6) is 0.783. The van der Waals surface area contributed by atoms with Gasteiger partial charge >= 0.3 is 0 Å². The van der Waals surface area contributed by atoms with Crippen LogP contribution in [0, 0.1) is 11.3 Å². The van der Waals surface area contributed by atoms with Gasteiger partial charge in [-0.25, -0.2) is 0 Å². The molecule has 1 N–H and O–H groups in total. The van der Waals surface area contributed by atoms with E-state index in [1.807, 2.05) is 48.5 Å². The van der Waals surface area contributed by atoms with Crippen molar-refractivity contribution in [2.45, 2.75) is 32.0 Å². The van der Waals surface area contributed by atoms with Gasteiger partial charge in [-0.2, -0.15) is 5.26 Å². The fraction of sp³-hybridized carbons (Fsp3) is 0.226. The van der Waals surface area contributed by atoms with Gasteiger partial charge in [-0.1, -0.05) is 91.0 Å². The maximum Gasteiger partial charge on any atom is 0.130 e. The van der Waals surface area contributed by atoms with Crippen LogP contribution in [-0.2, 0) is 13.1 Å². The topological polar surface area (TPSA) is 56.4 Å². The van der Waals surface area contributed by atoms with Gasteiger partial charge in [0.25, 0.3) is 0 Å². The van der Waals surface area contributed by atoms with Crippen LogP contribution in [-0.4, -0.2) is 34.9 Å². The zero-order chi connectivity index (χ0) is 24.6. The van der Waals surface area contributed by atoms with E-state index in [0.29, 0.717) is 18.2 Å². The second kappa shape index (κ2) is 11.5. The highest BCUT2D eigenvalue weighted by atomic mass is 15.1. The summed E-state index contributed by atoms with van der Waals surface area (Å²) in [4.78, 5) is 7.34. The van der Waals surface area contributed by atoms with Gasteiger partial charge in [-0.3, -0.25) is 9.89 Å². The quantitative estimate of drug-likeness (QED) is 0.246. The van der Waals surface area contributed by atoms with Gasteiger partial charge in [-0.15, -0.1) is 0 Å². The van der Waals surface area contributed by atoms with Crippen LogP contribution in [0.4, 0.5) is 5.82 Å². The zero-order valence-corrected chi connectivity index (χ0v) is 20.4. The summed E-state index contributed by atoms with van der Waals surface area (Å²) in [6, 6.07) is 33.8. The average molecular weight is 474 g/mol. The molecule has 0 radical (unpaired) electrons. The van der Waals surface area contributed by atoms with Gasteiger partial charge in [0.05, 0.1) is 12.4 Å². The predicted molar refractivity (Wildman–Crippen MR) is 147 cm³/mol. The van der Waals surface area contributed by atoms with E-state index in [-0.39, 0.29) is 0 Å². The van der Waals surface area contributed by atoms with Crippen molar-refractivity contribution in [2.75, 3.05) is 18.4 Å². The van der Waals surface area contributed by atoms with E-state index in [9.17, 15) is 5.26 Å². The molecule has 180 valence electrons. The lowest BCUT2D eigenvalue weighted by molar-refractivity contribution is 0.206. The molecule has 0 bridgehead atoms. The molecular weight excluding hydrogens is 442 g/mol. The molecule has 4 aromatic rings. The maximum absolute atomic E-state index is 10.1. The third-order valence-corrected chi connectivity index (χ3v) is 6.76. The Morgan fingerprint density at radius 2 is 1.42 bits per heavy atom. The fourth-order valence-corrected chi connectivity index (χ4v) is 4.84. The van der Waals surface area contributed by atoms with Gasteiger partial charge in [0.15, 0.2) is 0 Å². The summed E-state index contributed by atoms with van der Waals surface area (Å²) in [6.45, 7) is 3.76. The minimum atomic E-state index is 0.293. The van der Waals surface area contributed by atoms with Crippen molar-refractivity contribution in [1.29, 1.82) is 5.26 Å². The van der Waals surface area contributed by atoms with Crippen molar-refractivity contribution in [3.8, 4) is 17.2 Å². The summed E-state index contributed by atoms with van der Waals surface area (Å²) in [5, 5.41) is 13.5. The summed E-state index contributed by atoms with van der Waals surface area (Å²) in [5.41, 5.74) is 5.15. The second-order valence-corrected chi connectivity index (χ2v) is 9.27. The first-order valence-electron chi connectivity index (χ1n) is 12.6. The molecule has 0 saturated carbocycles. The number of aromatic nitrogens is 1. The Hall–Kier alpha value is -4.14. The third kappa shape index (κ3) is 5.73. The first kappa shape index (κ1) is 23.6. The van der Waals surface area contributed by atoms with Gasteiger partial charge in [-0.05, 0) is 29.5 Å². The Morgan fingerprint density at radius 3 is 2.03 bits per heavy atom. The summed E-state index contributed by atoms with van der Waals surface area (Å²) in [6.07, 6.45) is 5.94. The lowest BCUT2D eigenvalue weighted by Gasteiger charge is -2.30. The average Bonchev–Trinajstić information content (AvgIpc) is 3.28. The van der Waals surface area contributed by atoms with Crippen LogP contribution in [0.5, 0.6) is 0 Å². The lowest BCUT2D eigenvalue weighted by atomic mass is 10.0. The zero-order valence-electron chi connectivity index (χ0n) is 20.4. The van der Waals surface area contributed by atoms with Crippen molar-refractivity contribution in [3.63, 3.8) is 0 Å². The Balaban J connectivity index is 1.30. The monoisotopic (exact) mass is 473 g/mol. The van der Waals surface area contributed by atoms with Crippen LogP contribution in [0.3, 0.4) is 0 Å². The number of rotatable bonds is 8. The van der Waals surface area contributed by atoms with Crippen molar-refractivity contribution in [1.82, 2.24) is 9.47 Å². The van der Waals surface area contributed by atoms with E-state index in [4.69, 9.17) is 4.99 Å². The normalized spacial score (nSPS) is 14.6. The fourth-order valence-electron chi connectivity index (χ4n) is 4.84. The first-order valence-corrected chi connectivity index (χ1v) is 12.6. The number of benzene rings is 3. The van der Waals surface area contributed by atoms with Crippen molar-refractivity contribution in [3.05, 3.63) is 114 Å². The van der Waals surface area contributed by atoms with Crippen LogP contribution in [0.1, 0.15) is 29.5 Å². The Morgan fingerprint density at radius 1 is 0.833 bits per heavy atom. The molecule has 1 aliphatic heterocycles. The van der Waals surface area contributed by atoms with E-state index in [0.717, 1.165) is 49.4 Å². The number of nitrogens with zero attached hydrogens (tertiary/aromatic N) is 4. The van der Waals surface area contributed by atoms with E-state index in [2.05, 4.69) is 69.5 Å². The molecule has 2 heterocycles. The number of nitriles is 1. The molecule has 0 atom stereocenters. The number of hydrogen-bond acceptors (Lipinski definition) is 3. The summed E-state index contributed by atoms with van der Waals surface area (Å²) < 4.78 is 2.12. The third-order valence-electron chi connectivity index (χ3n) is 6.76. The molecule has 3 aromatic carbocycles. The standard InChI is InChI=1S/C31H31N5/c32-20-29-30(27-14-8-3-9-15-27)23-36(22-26-12-6-2-7-13-26)31(29)34-24-33-28-16-18-35(19-17-28)21-25-10-4-1-5-11-25/h1-15,23-24,28H,16-19,21-22H2,(H,33,34). The van der Waals surface area contributed by atoms with Gasteiger partial charge in [0.1, 0.15) is 17.5 Å². The molecule has 0 amide bonds. The molecule has 1 saturated heterocycles. The highest BCUT2D eigenvalue weighted by Crippen LogP contribution is 2.31. The smallest absolute Gasteiger partial charge is 0.130 e. The Kier molecular flexibility index (Phi) is 7.55. The van der Waals surface area contributed by atoms with Crippen LogP contribution >= 0.6 is 0 Å². The molecule has 1 fully saturated rings. The number of likely N-dealkylation sites (tertiary alicyclic amines) is 1. The van der Waals surface area contributed by atoms with Crippen molar-refractivity contribution >= 4 is 12.2 Å². The molecule has 0 unspecified atom stereocenters. The van der Waals surface area contributed by atoms with Gasteiger partial charge in [0, 0.05) is 37.9 Å². The maximum atomic E-state index is 10.1. The minimum absolute atomic E-state index is 0.293. The SMILES string of the molecule is N#Cc1c(-c2ccccc2)cn(Cc2ccccc2)c1NC=NC1CCN(Cc2ccccc2)CC1. The number of hydrogen-bond donors (Lipinski definition) is 1. The lowest BCUT2D eigenvalue weighted by Crippen LogP contribution is -2.34. The molecular formula is C31H31N5. The molecule has 5 heteroatoms. The minimum Gasteiger partial charge on any atom is -0.332 e. The van der Waals surface area contributed by atoms with E-state index in [1.54, 1.807) is 6.34 Å². The van der Waals surface area contributed by atoms with E-state index < -0.39 is 0 Å². The number of piperidine rings is 1. The molecule has 36 heavy (non-hydrogen) atoms. The molecule has 5 nitrogen and oxygen atoms in total. The molecule has 1 aliphatic rings. The van der Waals surface area contributed by atoms with Gasteiger partial charge in [0.2, 0.25) is 0 Å². The Bertz CT molecular complexity index is 1310. The van der Waals surface area contributed by atoms with E-state index >= 15 is 0 Å². The highest BCUT2D eigenvalue weighted by Gasteiger charge is 2.19. The first-order chi connectivity index (χ1) is 17.8. The van der Waals surface area contributed by atoms with E-state index in [1.165, 1.54) is 11.1 Å². The molecule has 0 aliphatic carbocycles. The van der Waals surface area contributed by atoms with Crippen LogP contribution in [0.25, 0.3) is 11.1 Å². The van der Waals surface area contributed by atoms with Gasteiger partial charge < -0.3 is 9.88 Å². The summed E-state index contributed by atoms with van der Waals surface area (Å²) >= 11 is 0. The van der Waals surface area contributed by atoms with Crippen LogP contribution in [0.2, 0.25) is 0 Å². The highest BCUT2D eigenvalue weighted by molar-refractivity contribution is 5.84. The molecule has 5 rings (SSSR count). The largest absolute Gasteiger partial charge is 0.332 e. The summed E-state index contributed by atoms with van der Waals surface area (Å²) in [7, 11) is 0. The predicted octanol–water partition coefficient (Wildman–Crippen LogP) is 6.18. The second-order valence-electron chi connectivity index (χ2n) is 9.27. The van der Waals surface area contributed by atoms with Crippen molar-refractivity contribution in [2.24, 2.45) is 4.99 Å². The van der Waals surface area contributed by atoms with Crippen LogP contribution < -0.4 is 5.32 Å².